The molecule has 0 radical (unpaired) electrons. The molecule has 2 unspecified atom stereocenters. The fraction of sp³-hybridized carbons (Fsp3) is 0.579. The van der Waals surface area contributed by atoms with Crippen molar-refractivity contribution in [2.45, 2.75) is 24.8 Å². The molecule has 146 valence electrons. The Balaban J connectivity index is 1.62. The van der Waals surface area contributed by atoms with Gasteiger partial charge in [-0.3, -0.25) is 9.69 Å². The Hall–Kier alpha value is -1.51. The van der Waals surface area contributed by atoms with Crippen LogP contribution in [0.15, 0.2) is 22.7 Å². The van der Waals surface area contributed by atoms with Gasteiger partial charge in [-0.25, -0.2) is 14.1 Å². The van der Waals surface area contributed by atoms with Crippen molar-refractivity contribution in [1.82, 2.24) is 9.80 Å². The van der Waals surface area contributed by atoms with E-state index in [2.05, 4.69) is 20.8 Å². The van der Waals surface area contributed by atoms with Gasteiger partial charge in [-0.05, 0) is 30.5 Å². The van der Waals surface area contributed by atoms with Crippen LogP contribution in [0.25, 0.3) is 0 Å². The third kappa shape index (κ3) is 3.75. The number of carbonyl (C=O) groups excluding carboxylic acids is 2. The number of halogens is 2. The molecule has 0 N–H and O–H groups in total. The monoisotopic (exact) mass is 440 g/mol. The van der Waals surface area contributed by atoms with Crippen molar-refractivity contribution in [3.63, 3.8) is 0 Å². The minimum absolute atomic E-state index is 0.221. The molecule has 27 heavy (non-hydrogen) atoms. The van der Waals surface area contributed by atoms with Crippen molar-refractivity contribution in [2.24, 2.45) is 5.92 Å². The van der Waals surface area contributed by atoms with Crippen LogP contribution < -0.4 is 0 Å². The molecule has 1 aromatic carbocycles. The van der Waals surface area contributed by atoms with Crippen LogP contribution in [0, 0.1) is 11.7 Å². The zero-order valence-corrected chi connectivity index (χ0v) is 16.5. The van der Waals surface area contributed by atoms with Crippen LogP contribution in [-0.2, 0) is 14.3 Å². The van der Waals surface area contributed by atoms with Gasteiger partial charge in [0.1, 0.15) is 12.4 Å². The van der Waals surface area contributed by atoms with Gasteiger partial charge in [-0.15, -0.1) is 0 Å². The van der Waals surface area contributed by atoms with Gasteiger partial charge in [0.25, 0.3) is 0 Å². The summed E-state index contributed by atoms with van der Waals surface area (Å²) in [5, 5.41) is 0. The van der Waals surface area contributed by atoms with Crippen molar-refractivity contribution < 1.29 is 23.5 Å². The molecule has 3 fully saturated rings. The van der Waals surface area contributed by atoms with Gasteiger partial charge in [0.05, 0.1) is 12.5 Å². The summed E-state index contributed by atoms with van der Waals surface area (Å²) >= 11 is 3.28. The summed E-state index contributed by atoms with van der Waals surface area (Å²) in [7, 11) is 0. The summed E-state index contributed by atoms with van der Waals surface area (Å²) in [6, 6.07) is 5.28. The Morgan fingerprint density at radius 2 is 1.96 bits per heavy atom. The molecule has 0 saturated carbocycles. The predicted octanol–water partition coefficient (Wildman–Crippen LogP) is 2.76. The minimum Gasteiger partial charge on any atom is -0.447 e. The van der Waals surface area contributed by atoms with E-state index in [0.717, 1.165) is 12.8 Å². The number of ether oxygens (including phenoxy) is 2. The number of hydrogen-bond donors (Lipinski definition) is 0. The van der Waals surface area contributed by atoms with E-state index in [9.17, 15) is 14.0 Å². The molecule has 1 aromatic rings. The maximum Gasteiger partial charge on any atom is 0.416 e. The zero-order chi connectivity index (χ0) is 19.0. The van der Waals surface area contributed by atoms with Crippen molar-refractivity contribution in [1.29, 1.82) is 0 Å². The summed E-state index contributed by atoms with van der Waals surface area (Å²) in [6.45, 7) is 3.01. The van der Waals surface area contributed by atoms with E-state index < -0.39 is 12.0 Å². The second-order valence-electron chi connectivity index (χ2n) is 7.28. The molecule has 3 aliphatic rings. The Bertz CT molecular complexity index is 740. The topological polar surface area (TPSA) is 59.1 Å². The number of imide groups is 1. The number of benzene rings is 1. The van der Waals surface area contributed by atoms with Gasteiger partial charge in [0.15, 0.2) is 0 Å². The fourth-order valence-electron chi connectivity index (χ4n) is 4.34. The zero-order valence-electron chi connectivity index (χ0n) is 14.9. The SMILES string of the molecule is O=C1OCCN1C(=O)C1CN(C2CCOCC2)CC1c1ccc(Br)cc1F. The lowest BCUT2D eigenvalue weighted by molar-refractivity contribution is -0.132. The summed E-state index contributed by atoms with van der Waals surface area (Å²) in [4.78, 5) is 28.4. The van der Waals surface area contributed by atoms with Gasteiger partial charge >= 0.3 is 6.09 Å². The van der Waals surface area contributed by atoms with Crippen LogP contribution in [0.1, 0.15) is 24.3 Å². The molecule has 2 atom stereocenters. The molecule has 3 heterocycles. The highest BCUT2D eigenvalue weighted by molar-refractivity contribution is 9.10. The van der Waals surface area contributed by atoms with Gasteiger partial charge in [0, 0.05) is 42.7 Å². The summed E-state index contributed by atoms with van der Waals surface area (Å²) in [5.74, 6) is -1.35. The molecular weight excluding hydrogens is 419 g/mol. The fourth-order valence-corrected chi connectivity index (χ4v) is 4.68. The summed E-state index contributed by atoms with van der Waals surface area (Å²) in [6.07, 6.45) is 1.21. The van der Waals surface area contributed by atoms with Crippen LogP contribution in [0.3, 0.4) is 0 Å². The maximum absolute atomic E-state index is 14.7. The number of nitrogens with zero attached hydrogens (tertiary/aromatic N) is 2. The number of likely N-dealkylation sites (tertiary alicyclic amines) is 1. The van der Waals surface area contributed by atoms with Crippen LogP contribution in [0.2, 0.25) is 0 Å². The second kappa shape index (κ2) is 7.85. The molecule has 3 aliphatic heterocycles. The highest BCUT2D eigenvalue weighted by Crippen LogP contribution is 2.38. The van der Waals surface area contributed by atoms with Crippen molar-refractivity contribution in [2.75, 3.05) is 39.5 Å². The van der Waals surface area contributed by atoms with Crippen molar-refractivity contribution >= 4 is 27.9 Å². The average molecular weight is 441 g/mol. The lowest BCUT2D eigenvalue weighted by Gasteiger charge is -2.31. The molecule has 0 bridgehead atoms. The number of carbonyl (C=O) groups is 2. The van der Waals surface area contributed by atoms with Gasteiger partial charge in [0.2, 0.25) is 5.91 Å². The van der Waals surface area contributed by atoms with Gasteiger partial charge in [-0.2, -0.15) is 0 Å². The van der Waals surface area contributed by atoms with Gasteiger partial charge in [-0.1, -0.05) is 22.0 Å². The smallest absolute Gasteiger partial charge is 0.416 e. The largest absolute Gasteiger partial charge is 0.447 e. The highest BCUT2D eigenvalue weighted by Gasteiger charge is 2.45. The predicted molar refractivity (Wildman–Crippen MR) is 98.8 cm³/mol. The normalized spacial score (nSPS) is 27.2. The third-order valence-electron chi connectivity index (χ3n) is 5.76. The van der Waals surface area contributed by atoms with Crippen LogP contribution in [0.5, 0.6) is 0 Å². The molecule has 2 amide bonds. The highest BCUT2D eigenvalue weighted by atomic mass is 79.9. The first-order valence-electron chi connectivity index (χ1n) is 9.29. The standard InChI is InChI=1S/C19H22BrFN2O4/c20-12-1-2-14(17(21)9-12)15-10-22(13-3-6-26-7-4-13)11-16(15)18(24)23-5-8-27-19(23)25/h1-2,9,13,15-16H,3-8,10-11H2. The lowest BCUT2D eigenvalue weighted by atomic mass is 9.87. The Kier molecular flexibility index (Phi) is 5.48. The number of cyclic esters (lactones) is 1. The molecule has 6 nitrogen and oxygen atoms in total. The lowest BCUT2D eigenvalue weighted by Crippen LogP contribution is -2.41. The van der Waals surface area contributed by atoms with Gasteiger partial charge < -0.3 is 9.47 Å². The van der Waals surface area contributed by atoms with Crippen molar-refractivity contribution in [3.8, 4) is 0 Å². The number of hydrogen-bond acceptors (Lipinski definition) is 5. The van der Waals surface area contributed by atoms with E-state index in [4.69, 9.17) is 9.47 Å². The molecule has 4 rings (SSSR count). The Morgan fingerprint density at radius 3 is 2.63 bits per heavy atom. The number of rotatable bonds is 3. The molecule has 8 heteroatoms. The van der Waals surface area contributed by atoms with E-state index in [1.54, 1.807) is 12.1 Å². The first kappa shape index (κ1) is 18.8. The Labute approximate surface area is 165 Å². The maximum atomic E-state index is 14.7. The van der Waals surface area contributed by atoms with Crippen LogP contribution in [-0.4, -0.2) is 67.3 Å². The summed E-state index contributed by atoms with van der Waals surface area (Å²) < 4.78 is 25.7. The third-order valence-corrected chi connectivity index (χ3v) is 6.25. The van der Waals surface area contributed by atoms with E-state index in [-0.39, 0.29) is 30.8 Å². The quantitative estimate of drug-likeness (QED) is 0.722. The van der Waals surface area contributed by atoms with E-state index in [1.165, 1.54) is 11.0 Å². The van der Waals surface area contributed by atoms with E-state index >= 15 is 0 Å². The average Bonchev–Trinajstić information content (AvgIpc) is 3.28. The molecular formula is C19H22BrFN2O4. The first-order valence-corrected chi connectivity index (χ1v) is 10.1. The summed E-state index contributed by atoms with van der Waals surface area (Å²) in [5.41, 5.74) is 0.527. The minimum atomic E-state index is -0.598. The number of amides is 2. The van der Waals surface area contributed by atoms with E-state index in [0.29, 0.717) is 42.4 Å². The Morgan fingerprint density at radius 1 is 1.19 bits per heavy atom. The molecule has 3 saturated heterocycles. The van der Waals surface area contributed by atoms with Crippen molar-refractivity contribution in [3.05, 3.63) is 34.1 Å². The molecule has 0 aromatic heterocycles. The van der Waals surface area contributed by atoms with Crippen LogP contribution in [0.4, 0.5) is 9.18 Å². The van der Waals surface area contributed by atoms with Crippen LogP contribution >= 0.6 is 15.9 Å². The van der Waals surface area contributed by atoms with E-state index in [1.807, 2.05) is 0 Å². The molecule has 0 aliphatic carbocycles. The first-order chi connectivity index (χ1) is 13.0. The second-order valence-corrected chi connectivity index (χ2v) is 8.20. The molecule has 0 spiro atoms.